The zero-order valence-corrected chi connectivity index (χ0v) is 14.1. The van der Waals surface area contributed by atoms with Gasteiger partial charge in [-0.25, -0.2) is 0 Å². The Kier molecular flexibility index (Phi) is 6.30. The molecule has 24 heavy (non-hydrogen) atoms. The molecule has 1 aromatic rings. The molecule has 0 spiro atoms. The number of nitrogens with one attached hydrogen (secondary N) is 2. The predicted molar refractivity (Wildman–Crippen MR) is 88.8 cm³/mol. The number of aliphatic hydroxyl groups excluding tert-OH is 1. The van der Waals surface area contributed by atoms with Crippen molar-refractivity contribution >= 4 is 17.5 Å². The number of benzene rings is 1. The highest BCUT2D eigenvalue weighted by atomic mass is 16.6. The number of carbonyl (C=O) groups is 2. The number of rotatable bonds is 6. The number of hydrogen-bond acceptors (Lipinski definition) is 5. The number of aryl methyl sites for hydroxylation is 2. The second kappa shape index (κ2) is 8.23. The first-order valence-corrected chi connectivity index (χ1v) is 7.95. The first kappa shape index (κ1) is 18.4. The molecule has 7 heteroatoms. The average molecular weight is 336 g/mol. The molecule has 1 fully saturated rings. The van der Waals surface area contributed by atoms with Gasteiger partial charge in [-0.1, -0.05) is 6.07 Å². The molecule has 0 bridgehead atoms. The average Bonchev–Trinajstić information content (AvgIpc) is 3.03. The molecular formula is C17H24N2O5. The summed E-state index contributed by atoms with van der Waals surface area (Å²) < 4.78 is 10.9. The van der Waals surface area contributed by atoms with Crippen molar-refractivity contribution in [1.29, 1.82) is 0 Å². The number of anilines is 1. The van der Waals surface area contributed by atoms with E-state index in [0.29, 0.717) is 25.3 Å². The van der Waals surface area contributed by atoms with Crippen LogP contribution in [0.4, 0.5) is 5.69 Å². The van der Waals surface area contributed by atoms with E-state index in [2.05, 4.69) is 10.6 Å². The van der Waals surface area contributed by atoms with Crippen molar-refractivity contribution in [3.05, 3.63) is 29.3 Å². The van der Waals surface area contributed by atoms with Gasteiger partial charge in [0.25, 0.3) is 0 Å². The van der Waals surface area contributed by atoms with E-state index in [9.17, 15) is 9.59 Å². The van der Waals surface area contributed by atoms with E-state index in [-0.39, 0.29) is 19.8 Å². The Morgan fingerprint density at radius 1 is 1.29 bits per heavy atom. The first-order valence-electron chi connectivity index (χ1n) is 7.95. The van der Waals surface area contributed by atoms with E-state index in [4.69, 9.17) is 14.6 Å². The fourth-order valence-electron chi connectivity index (χ4n) is 2.48. The van der Waals surface area contributed by atoms with Crippen molar-refractivity contribution < 1.29 is 24.2 Å². The van der Waals surface area contributed by atoms with Crippen molar-refractivity contribution in [3.63, 3.8) is 0 Å². The van der Waals surface area contributed by atoms with E-state index in [1.807, 2.05) is 26.0 Å². The molecule has 2 amide bonds. The molecule has 1 aromatic carbocycles. The van der Waals surface area contributed by atoms with Crippen molar-refractivity contribution in [2.75, 3.05) is 38.3 Å². The molecule has 132 valence electrons. The van der Waals surface area contributed by atoms with Gasteiger partial charge in [-0.15, -0.1) is 0 Å². The third-order valence-electron chi connectivity index (χ3n) is 4.11. The van der Waals surface area contributed by atoms with Crippen molar-refractivity contribution in [2.24, 2.45) is 0 Å². The number of amides is 2. The molecule has 1 aliphatic heterocycles. The quantitative estimate of drug-likeness (QED) is 0.658. The van der Waals surface area contributed by atoms with Crippen LogP contribution in [0.15, 0.2) is 18.2 Å². The summed E-state index contributed by atoms with van der Waals surface area (Å²) >= 11 is 0. The van der Waals surface area contributed by atoms with E-state index in [0.717, 1.165) is 11.1 Å². The summed E-state index contributed by atoms with van der Waals surface area (Å²) in [5.74, 6) is -1.46. The molecule has 2 rings (SSSR count). The lowest BCUT2D eigenvalue weighted by Gasteiger charge is -2.27. The predicted octanol–water partition coefficient (Wildman–Crippen LogP) is 0.526. The van der Waals surface area contributed by atoms with Crippen LogP contribution in [0.25, 0.3) is 0 Å². The van der Waals surface area contributed by atoms with Crippen molar-refractivity contribution in [1.82, 2.24) is 5.32 Å². The molecule has 7 nitrogen and oxygen atoms in total. The lowest BCUT2D eigenvalue weighted by molar-refractivity contribution is -0.137. The zero-order valence-electron chi connectivity index (χ0n) is 14.1. The van der Waals surface area contributed by atoms with Crippen molar-refractivity contribution in [2.45, 2.75) is 25.9 Å². The molecule has 0 aromatic heterocycles. The Bertz CT molecular complexity index is 597. The second-order valence-electron chi connectivity index (χ2n) is 5.99. The second-order valence-corrected chi connectivity index (χ2v) is 5.99. The SMILES string of the molecule is Cc1ccc(NC(=O)C(=O)NCC2(OCCO)CCOC2)cc1C. The number of hydrogen-bond donors (Lipinski definition) is 3. The van der Waals surface area contributed by atoms with Crippen molar-refractivity contribution in [3.8, 4) is 0 Å². The van der Waals surface area contributed by atoms with Gasteiger partial charge in [-0.2, -0.15) is 0 Å². The normalized spacial score (nSPS) is 20.0. The molecule has 0 aliphatic carbocycles. The van der Waals surface area contributed by atoms with Crippen LogP contribution < -0.4 is 10.6 Å². The molecule has 1 heterocycles. The zero-order chi connectivity index (χ0) is 17.6. The summed E-state index contributed by atoms with van der Waals surface area (Å²) in [6.45, 7) is 4.97. The smallest absolute Gasteiger partial charge is 0.313 e. The minimum absolute atomic E-state index is 0.108. The highest BCUT2D eigenvalue weighted by Gasteiger charge is 2.36. The van der Waals surface area contributed by atoms with Gasteiger partial charge < -0.3 is 25.2 Å². The van der Waals surface area contributed by atoms with E-state index >= 15 is 0 Å². The first-order chi connectivity index (χ1) is 11.5. The van der Waals surface area contributed by atoms with Crippen LogP contribution in [0.3, 0.4) is 0 Å². The molecule has 1 saturated heterocycles. The molecule has 0 saturated carbocycles. The molecular weight excluding hydrogens is 312 g/mol. The van der Waals surface area contributed by atoms with Gasteiger partial charge in [0.1, 0.15) is 5.60 Å². The maximum atomic E-state index is 12.0. The number of carbonyl (C=O) groups excluding carboxylic acids is 2. The fourth-order valence-corrected chi connectivity index (χ4v) is 2.48. The van der Waals surface area contributed by atoms with E-state index in [1.54, 1.807) is 6.07 Å². The molecule has 3 N–H and O–H groups in total. The Morgan fingerprint density at radius 3 is 2.71 bits per heavy atom. The Hall–Kier alpha value is -1.96. The van der Waals surface area contributed by atoms with Gasteiger partial charge in [0.05, 0.1) is 19.8 Å². The third-order valence-corrected chi connectivity index (χ3v) is 4.11. The molecule has 1 atom stereocenters. The summed E-state index contributed by atoms with van der Waals surface area (Å²) in [5, 5.41) is 14.1. The highest BCUT2D eigenvalue weighted by Crippen LogP contribution is 2.22. The van der Waals surface area contributed by atoms with Gasteiger partial charge in [0, 0.05) is 25.3 Å². The largest absolute Gasteiger partial charge is 0.394 e. The fraction of sp³-hybridized carbons (Fsp3) is 0.529. The Labute approximate surface area is 141 Å². The van der Waals surface area contributed by atoms with E-state index < -0.39 is 17.4 Å². The summed E-state index contributed by atoms with van der Waals surface area (Å²) in [5.41, 5.74) is 2.04. The summed E-state index contributed by atoms with van der Waals surface area (Å²) in [4.78, 5) is 24.0. The minimum atomic E-state index is -0.730. The maximum Gasteiger partial charge on any atom is 0.313 e. The van der Waals surface area contributed by atoms with Gasteiger partial charge in [-0.3, -0.25) is 9.59 Å². The summed E-state index contributed by atoms with van der Waals surface area (Å²) in [6.07, 6.45) is 0.603. The molecule has 1 unspecified atom stereocenters. The van der Waals surface area contributed by atoms with Crippen LogP contribution in [0.1, 0.15) is 17.5 Å². The maximum absolute atomic E-state index is 12.0. The van der Waals surface area contributed by atoms with Gasteiger partial charge in [-0.05, 0) is 37.1 Å². The minimum Gasteiger partial charge on any atom is -0.394 e. The van der Waals surface area contributed by atoms with Gasteiger partial charge in [0.15, 0.2) is 0 Å². The standard InChI is InChI=1S/C17H24N2O5/c1-12-3-4-14(9-13(12)2)19-16(22)15(21)18-10-17(24-8-6-20)5-7-23-11-17/h3-4,9,20H,5-8,10-11H2,1-2H3,(H,18,21)(H,19,22). The monoisotopic (exact) mass is 336 g/mol. The topological polar surface area (TPSA) is 96.9 Å². The van der Waals surface area contributed by atoms with Crippen LogP contribution in [0.2, 0.25) is 0 Å². The summed E-state index contributed by atoms with van der Waals surface area (Å²) in [7, 11) is 0. The Balaban J connectivity index is 1.88. The lowest BCUT2D eigenvalue weighted by atomic mass is 10.0. The van der Waals surface area contributed by atoms with Crippen LogP contribution in [-0.2, 0) is 19.1 Å². The van der Waals surface area contributed by atoms with Crippen LogP contribution in [-0.4, -0.2) is 55.5 Å². The molecule has 0 radical (unpaired) electrons. The van der Waals surface area contributed by atoms with Crippen LogP contribution >= 0.6 is 0 Å². The number of aliphatic hydroxyl groups is 1. The highest BCUT2D eigenvalue weighted by molar-refractivity contribution is 6.39. The lowest BCUT2D eigenvalue weighted by Crippen LogP contribution is -2.48. The van der Waals surface area contributed by atoms with Gasteiger partial charge in [0.2, 0.25) is 0 Å². The number of ether oxygens (including phenoxy) is 2. The Morgan fingerprint density at radius 2 is 2.08 bits per heavy atom. The molecule has 1 aliphatic rings. The van der Waals surface area contributed by atoms with Crippen LogP contribution in [0.5, 0.6) is 0 Å². The van der Waals surface area contributed by atoms with Gasteiger partial charge >= 0.3 is 11.8 Å². The van der Waals surface area contributed by atoms with Crippen LogP contribution in [0, 0.1) is 13.8 Å². The summed E-state index contributed by atoms with van der Waals surface area (Å²) in [6, 6.07) is 5.46. The third kappa shape index (κ3) is 4.77. The van der Waals surface area contributed by atoms with E-state index in [1.165, 1.54) is 0 Å².